The van der Waals surface area contributed by atoms with E-state index in [2.05, 4.69) is 5.32 Å². The number of hydrogen-bond acceptors (Lipinski definition) is 3. The lowest BCUT2D eigenvalue weighted by Gasteiger charge is -2.36. The van der Waals surface area contributed by atoms with Crippen LogP contribution in [0.25, 0.3) is 0 Å². The van der Waals surface area contributed by atoms with E-state index in [-0.39, 0.29) is 11.4 Å². The molecule has 0 heterocycles. The number of rotatable bonds is 15. The molecule has 232 valence electrons. The molecule has 0 saturated carbocycles. The molecule has 0 aromatic heterocycles. The van der Waals surface area contributed by atoms with Gasteiger partial charge in [0.2, 0.25) is 0 Å². The average Bonchev–Trinajstić information content (AvgIpc) is 3.02. The van der Waals surface area contributed by atoms with Crippen LogP contribution in [0.1, 0.15) is 59.9 Å². The van der Waals surface area contributed by atoms with E-state index >= 15 is 0 Å². The van der Waals surface area contributed by atoms with Crippen molar-refractivity contribution < 1.29 is 27.8 Å². The molecular formula is C36H37ClF3NO3. The second-order valence-corrected chi connectivity index (χ2v) is 11.3. The van der Waals surface area contributed by atoms with E-state index in [1.165, 1.54) is 6.07 Å². The fourth-order valence-electron chi connectivity index (χ4n) is 5.64. The van der Waals surface area contributed by atoms with Crippen molar-refractivity contribution in [3.63, 3.8) is 0 Å². The van der Waals surface area contributed by atoms with Crippen LogP contribution in [0.15, 0.2) is 103 Å². The lowest BCUT2D eigenvalue weighted by Crippen LogP contribution is -2.42. The van der Waals surface area contributed by atoms with Gasteiger partial charge in [-0.05, 0) is 66.3 Å². The number of hydrogen-bond donors (Lipinski definition) is 2. The Balaban J connectivity index is 1.52. The van der Waals surface area contributed by atoms with Gasteiger partial charge >= 0.3 is 12.1 Å². The summed E-state index contributed by atoms with van der Waals surface area (Å²) in [6.07, 6.45) is -2.33. The topological polar surface area (TPSA) is 58.6 Å². The lowest BCUT2D eigenvalue weighted by molar-refractivity contribution is -0.139. The fourth-order valence-corrected chi connectivity index (χ4v) is 5.94. The van der Waals surface area contributed by atoms with Crippen molar-refractivity contribution in [3.8, 4) is 5.75 Å². The van der Waals surface area contributed by atoms with E-state index in [9.17, 15) is 23.1 Å². The van der Waals surface area contributed by atoms with Crippen LogP contribution in [0.3, 0.4) is 0 Å². The molecule has 0 aliphatic heterocycles. The van der Waals surface area contributed by atoms with Crippen LogP contribution in [-0.4, -0.2) is 30.8 Å². The predicted octanol–water partition coefficient (Wildman–Crippen LogP) is 8.91. The molecule has 0 aliphatic carbocycles. The van der Waals surface area contributed by atoms with Gasteiger partial charge in [0.05, 0.1) is 23.1 Å². The van der Waals surface area contributed by atoms with E-state index in [0.29, 0.717) is 43.9 Å². The van der Waals surface area contributed by atoms with Crippen molar-refractivity contribution in [1.29, 1.82) is 0 Å². The van der Waals surface area contributed by atoms with Crippen LogP contribution in [0.4, 0.5) is 13.2 Å². The molecule has 0 spiro atoms. The number of aliphatic carboxylic acids is 1. The number of carbonyl (C=O) groups is 1. The van der Waals surface area contributed by atoms with Gasteiger partial charge in [-0.15, -0.1) is 0 Å². The maximum Gasteiger partial charge on any atom is 0.417 e. The molecule has 0 amide bonds. The molecule has 4 nitrogen and oxygen atoms in total. The fraction of sp³-hybridized carbons (Fsp3) is 0.306. The van der Waals surface area contributed by atoms with E-state index in [4.69, 9.17) is 16.3 Å². The SMILES string of the molecule is CCCC(C(=O)O)c1cccc(OCCCNCC(Cc2cccc(C(F)(F)F)c2Cl)(c2ccccc2)c2ccccc2)c1. The van der Waals surface area contributed by atoms with E-state index < -0.39 is 29.0 Å². The third-order valence-electron chi connectivity index (χ3n) is 7.86. The maximum atomic E-state index is 13.7. The molecule has 4 aromatic rings. The summed E-state index contributed by atoms with van der Waals surface area (Å²) < 4.78 is 47.2. The molecule has 0 radical (unpaired) electrons. The highest BCUT2D eigenvalue weighted by molar-refractivity contribution is 6.32. The summed E-state index contributed by atoms with van der Waals surface area (Å²) in [5.41, 5.74) is 1.50. The van der Waals surface area contributed by atoms with Gasteiger partial charge < -0.3 is 15.2 Å². The average molecular weight is 624 g/mol. The van der Waals surface area contributed by atoms with Crippen LogP contribution < -0.4 is 10.1 Å². The van der Waals surface area contributed by atoms with Gasteiger partial charge in [0.25, 0.3) is 0 Å². The number of ether oxygens (including phenoxy) is 1. The van der Waals surface area contributed by atoms with Gasteiger partial charge in [0.1, 0.15) is 5.75 Å². The number of halogens is 4. The molecule has 4 aromatic carbocycles. The van der Waals surface area contributed by atoms with E-state index in [1.807, 2.05) is 85.8 Å². The first-order valence-corrected chi connectivity index (χ1v) is 15.2. The van der Waals surface area contributed by atoms with Crippen molar-refractivity contribution in [2.45, 2.75) is 50.1 Å². The zero-order valence-electron chi connectivity index (χ0n) is 24.6. The molecule has 0 saturated heterocycles. The maximum absolute atomic E-state index is 13.7. The second-order valence-electron chi connectivity index (χ2n) is 10.9. The van der Waals surface area contributed by atoms with Crippen LogP contribution in [0.2, 0.25) is 5.02 Å². The Kier molecular flexibility index (Phi) is 11.5. The number of carboxylic acid groups (broad SMARTS) is 1. The monoisotopic (exact) mass is 623 g/mol. The molecule has 1 unspecified atom stereocenters. The Morgan fingerprint density at radius 2 is 1.55 bits per heavy atom. The Labute approximate surface area is 261 Å². The minimum absolute atomic E-state index is 0.253. The summed E-state index contributed by atoms with van der Waals surface area (Å²) in [5, 5.41) is 12.9. The molecule has 44 heavy (non-hydrogen) atoms. The van der Waals surface area contributed by atoms with Crippen molar-refractivity contribution in [2.75, 3.05) is 19.7 Å². The summed E-state index contributed by atoms with van der Waals surface area (Å²) in [6.45, 7) is 3.40. The standard InChI is InChI=1S/C36H37ClF3NO3/c1-2-12-31(34(42)43)26-13-9-19-30(23-26)44-22-11-21-41-25-35(28-15-5-3-6-16-28,29-17-7-4-8-18-29)24-27-14-10-20-32(33(27)37)36(38,39)40/h3-10,13-20,23,31,41H,2,11-12,21-22,24-25H2,1H3,(H,42,43). The molecule has 0 bridgehead atoms. The lowest BCUT2D eigenvalue weighted by atomic mass is 9.70. The van der Waals surface area contributed by atoms with Crippen molar-refractivity contribution >= 4 is 17.6 Å². The summed E-state index contributed by atoms with van der Waals surface area (Å²) in [6, 6.07) is 30.8. The Morgan fingerprint density at radius 3 is 2.14 bits per heavy atom. The zero-order valence-corrected chi connectivity index (χ0v) is 25.4. The minimum Gasteiger partial charge on any atom is -0.494 e. The first-order valence-electron chi connectivity index (χ1n) is 14.8. The number of nitrogens with one attached hydrogen (secondary N) is 1. The highest BCUT2D eigenvalue weighted by atomic mass is 35.5. The third-order valence-corrected chi connectivity index (χ3v) is 8.30. The van der Waals surface area contributed by atoms with Crippen LogP contribution >= 0.6 is 11.6 Å². The van der Waals surface area contributed by atoms with Gasteiger partial charge in [-0.3, -0.25) is 4.79 Å². The number of alkyl halides is 3. The molecule has 0 aliphatic rings. The second kappa shape index (κ2) is 15.3. The summed E-state index contributed by atoms with van der Waals surface area (Å²) in [5.74, 6) is -0.800. The van der Waals surface area contributed by atoms with Crippen molar-refractivity contribution in [1.82, 2.24) is 5.32 Å². The molecular weight excluding hydrogens is 587 g/mol. The Bertz CT molecular complexity index is 1460. The first-order chi connectivity index (χ1) is 21.2. The zero-order chi connectivity index (χ0) is 31.6. The van der Waals surface area contributed by atoms with Gasteiger partial charge in [0.15, 0.2) is 0 Å². The smallest absolute Gasteiger partial charge is 0.417 e. The van der Waals surface area contributed by atoms with Crippen molar-refractivity contribution in [2.24, 2.45) is 0 Å². The van der Waals surface area contributed by atoms with Gasteiger partial charge in [-0.2, -0.15) is 13.2 Å². The van der Waals surface area contributed by atoms with E-state index in [1.54, 1.807) is 12.1 Å². The molecule has 8 heteroatoms. The van der Waals surface area contributed by atoms with Crippen LogP contribution in [0.5, 0.6) is 5.75 Å². The summed E-state index contributed by atoms with van der Waals surface area (Å²) in [4.78, 5) is 11.7. The normalized spacial score (nSPS) is 12.6. The third kappa shape index (κ3) is 8.21. The van der Waals surface area contributed by atoms with Gasteiger partial charge in [-0.25, -0.2) is 0 Å². The highest BCUT2D eigenvalue weighted by Crippen LogP contribution is 2.41. The van der Waals surface area contributed by atoms with Gasteiger partial charge in [-0.1, -0.05) is 110 Å². The minimum atomic E-state index is -4.56. The molecule has 4 rings (SSSR count). The Hall–Kier alpha value is -3.81. The largest absolute Gasteiger partial charge is 0.494 e. The summed E-state index contributed by atoms with van der Waals surface area (Å²) in [7, 11) is 0. The van der Waals surface area contributed by atoms with Gasteiger partial charge in [0, 0.05) is 12.0 Å². The quantitative estimate of drug-likeness (QED) is 0.130. The molecule has 2 N–H and O–H groups in total. The highest BCUT2D eigenvalue weighted by Gasteiger charge is 2.38. The molecule has 0 fully saturated rings. The Morgan fingerprint density at radius 1 is 0.909 bits per heavy atom. The number of benzene rings is 4. The van der Waals surface area contributed by atoms with Crippen molar-refractivity contribution in [3.05, 3.63) is 136 Å². The first kappa shape index (κ1) is 33.1. The van der Waals surface area contributed by atoms with Crippen LogP contribution in [0, 0.1) is 0 Å². The summed E-state index contributed by atoms with van der Waals surface area (Å²) >= 11 is 6.41. The predicted molar refractivity (Wildman–Crippen MR) is 169 cm³/mol. The molecule has 1 atom stereocenters. The number of carboxylic acids is 1. The van der Waals surface area contributed by atoms with Crippen LogP contribution in [-0.2, 0) is 22.8 Å². The van der Waals surface area contributed by atoms with E-state index in [0.717, 1.165) is 29.2 Å².